The van der Waals surface area contributed by atoms with Crippen molar-refractivity contribution in [1.29, 1.82) is 0 Å². The quantitative estimate of drug-likeness (QED) is 0.635. The van der Waals surface area contributed by atoms with Gasteiger partial charge in [0.05, 0.1) is 7.11 Å². The molecule has 0 saturated carbocycles. The molecule has 112 valence electrons. The Balaban J connectivity index is 1.85. The Morgan fingerprint density at radius 3 is 2.73 bits per heavy atom. The van der Waals surface area contributed by atoms with E-state index in [1.54, 1.807) is 23.6 Å². The van der Waals surface area contributed by atoms with Crippen molar-refractivity contribution in [1.82, 2.24) is 20.2 Å². The topological polar surface area (TPSA) is 52.8 Å². The van der Waals surface area contributed by atoms with Gasteiger partial charge in [0.2, 0.25) is 5.16 Å². The number of ether oxygens (including phenoxy) is 1. The summed E-state index contributed by atoms with van der Waals surface area (Å²) in [7, 11) is 1.64. The SMILES string of the molecule is COc1ccccc1-n1nnnc1SCc1ccccc1Br. The molecule has 0 radical (unpaired) electrons. The summed E-state index contributed by atoms with van der Waals surface area (Å²) in [5.41, 5.74) is 2.02. The minimum atomic E-state index is 0.722. The molecule has 0 N–H and O–H groups in total. The normalized spacial score (nSPS) is 10.6. The molecule has 3 aromatic rings. The van der Waals surface area contributed by atoms with Gasteiger partial charge in [-0.25, -0.2) is 0 Å². The van der Waals surface area contributed by atoms with Crippen LogP contribution in [0.1, 0.15) is 5.56 Å². The number of tetrazole rings is 1. The summed E-state index contributed by atoms with van der Waals surface area (Å²) in [5, 5.41) is 12.7. The number of rotatable bonds is 5. The van der Waals surface area contributed by atoms with Gasteiger partial charge in [0, 0.05) is 10.2 Å². The minimum Gasteiger partial charge on any atom is -0.494 e. The largest absolute Gasteiger partial charge is 0.494 e. The number of nitrogens with zero attached hydrogens (tertiary/aromatic N) is 4. The van der Waals surface area contributed by atoms with Crippen LogP contribution in [0.15, 0.2) is 58.2 Å². The standard InChI is InChI=1S/C15H13BrN4OS/c1-21-14-9-5-4-8-13(14)20-15(17-18-19-20)22-10-11-6-2-3-7-12(11)16/h2-9H,10H2,1H3. The number of hydrogen-bond donors (Lipinski definition) is 0. The van der Waals surface area contributed by atoms with Crippen molar-refractivity contribution >= 4 is 27.7 Å². The van der Waals surface area contributed by atoms with E-state index in [1.807, 2.05) is 42.5 Å². The third-order valence-corrected chi connectivity index (χ3v) is 4.81. The van der Waals surface area contributed by atoms with Crippen molar-refractivity contribution in [2.45, 2.75) is 10.9 Å². The number of thioether (sulfide) groups is 1. The van der Waals surface area contributed by atoms with Gasteiger partial charge in [0.1, 0.15) is 11.4 Å². The van der Waals surface area contributed by atoms with E-state index in [9.17, 15) is 0 Å². The highest BCUT2D eigenvalue weighted by Gasteiger charge is 2.13. The first-order valence-corrected chi connectivity index (χ1v) is 8.35. The van der Waals surface area contributed by atoms with Crippen LogP contribution in [0.4, 0.5) is 0 Å². The highest BCUT2D eigenvalue weighted by molar-refractivity contribution is 9.10. The summed E-state index contributed by atoms with van der Waals surface area (Å²) < 4.78 is 8.15. The second kappa shape index (κ2) is 6.93. The number of hydrogen-bond acceptors (Lipinski definition) is 5. The molecule has 0 amide bonds. The van der Waals surface area contributed by atoms with Crippen LogP contribution < -0.4 is 4.74 Å². The van der Waals surface area contributed by atoms with Crippen molar-refractivity contribution in [3.8, 4) is 11.4 Å². The lowest BCUT2D eigenvalue weighted by Gasteiger charge is -2.09. The molecule has 3 rings (SSSR count). The maximum atomic E-state index is 5.37. The molecule has 0 unspecified atom stereocenters. The first-order valence-electron chi connectivity index (χ1n) is 6.57. The fourth-order valence-electron chi connectivity index (χ4n) is 1.98. The maximum Gasteiger partial charge on any atom is 0.214 e. The number of benzene rings is 2. The van der Waals surface area contributed by atoms with E-state index in [2.05, 4.69) is 37.5 Å². The molecule has 0 spiro atoms. The van der Waals surface area contributed by atoms with Crippen LogP contribution in [0.5, 0.6) is 5.75 Å². The summed E-state index contributed by atoms with van der Waals surface area (Å²) in [6, 6.07) is 15.8. The van der Waals surface area contributed by atoms with Crippen LogP contribution in [0, 0.1) is 0 Å². The van der Waals surface area contributed by atoms with E-state index < -0.39 is 0 Å². The monoisotopic (exact) mass is 376 g/mol. The maximum absolute atomic E-state index is 5.37. The number of halogens is 1. The molecule has 1 aromatic heterocycles. The van der Waals surface area contributed by atoms with Crippen LogP contribution in [0.2, 0.25) is 0 Å². The van der Waals surface area contributed by atoms with E-state index in [0.29, 0.717) is 0 Å². The molecule has 0 fully saturated rings. The number of methoxy groups -OCH3 is 1. The van der Waals surface area contributed by atoms with Crippen LogP contribution in [-0.4, -0.2) is 27.3 Å². The van der Waals surface area contributed by atoms with Gasteiger partial charge in [0.25, 0.3) is 0 Å². The van der Waals surface area contributed by atoms with Crippen molar-refractivity contribution in [3.63, 3.8) is 0 Å². The van der Waals surface area contributed by atoms with E-state index in [4.69, 9.17) is 4.74 Å². The minimum absolute atomic E-state index is 0.722. The van der Waals surface area contributed by atoms with Crippen LogP contribution in [-0.2, 0) is 5.75 Å². The van der Waals surface area contributed by atoms with Gasteiger partial charge in [-0.05, 0) is 34.2 Å². The second-order valence-electron chi connectivity index (χ2n) is 4.43. The summed E-state index contributed by atoms with van der Waals surface area (Å²) in [6.07, 6.45) is 0. The zero-order chi connectivity index (χ0) is 15.4. The fourth-order valence-corrected chi connectivity index (χ4v) is 3.48. The average Bonchev–Trinajstić information content (AvgIpc) is 3.02. The van der Waals surface area contributed by atoms with Crippen molar-refractivity contribution < 1.29 is 4.74 Å². The molecule has 0 atom stereocenters. The lowest BCUT2D eigenvalue weighted by atomic mass is 10.2. The van der Waals surface area contributed by atoms with E-state index >= 15 is 0 Å². The highest BCUT2D eigenvalue weighted by atomic mass is 79.9. The van der Waals surface area contributed by atoms with Crippen LogP contribution >= 0.6 is 27.7 Å². The smallest absolute Gasteiger partial charge is 0.214 e. The molecule has 7 heteroatoms. The lowest BCUT2D eigenvalue weighted by Crippen LogP contribution is -2.01. The van der Waals surface area contributed by atoms with Gasteiger partial charge in [-0.15, -0.1) is 5.10 Å². The van der Waals surface area contributed by atoms with Gasteiger partial charge >= 0.3 is 0 Å². The molecule has 1 heterocycles. The average molecular weight is 377 g/mol. The summed E-state index contributed by atoms with van der Waals surface area (Å²) in [6.45, 7) is 0. The fraction of sp³-hybridized carbons (Fsp3) is 0.133. The van der Waals surface area contributed by atoms with Gasteiger partial charge < -0.3 is 4.74 Å². The summed E-state index contributed by atoms with van der Waals surface area (Å²) >= 11 is 5.13. The molecule has 22 heavy (non-hydrogen) atoms. The Kier molecular flexibility index (Phi) is 4.74. The highest BCUT2D eigenvalue weighted by Crippen LogP contribution is 2.29. The molecule has 5 nitrogen and oxygen atoms in total. The molecule has 0 saturated heterocycles. The van der Waals surface area contributed by atoms with Gasteiger partial charge in [0.15, 0.2) is 0 Å². The van der Waals surface area contributed by atoms with Crippen molar-refractivity contribution in [3.05, 3.63) is 58.6 Å². The van der Waals surface area contributed by atoms with E-state index in [-0.39, 0.29) is 0 Å². The molecule has 0 aliphatic carbocycles. The molecular formula is C15H13BrN4OS. The molecule has 0 aliphatic rings. The Morgan fingerprint density at radius 1 is 1.14 bits per heavy atom. The first-order chi connectivity index (χ1) is 10.8. The Hall–Kier alpha value is -1.86. The first kappa shape index (κ1) is 15.1. The molecule has 0 aliphatic heterocycles. The predicted molar refractivity (Wildman–Crippen MR) is 89.4 cm³/mol. The summed E-state index contributed by atoms with van der Waals surface area (Å²) in [4.78, 5) is 0. The van der Waals surface area contributed by atoms with Crippen molar-refractivity contribution in [2.75, 3.05) is 7.11 Å². The van der Waals surface area contributed by atoms with Crippen LogP contribution in [0.25, 0.3) is 5.69 Å². The predicted octanol–water partition coefficient (Wildman–Crippen LogP) is 3.73. The molecule has 2 aromatic carbocycles. The Morgan fingerprint density at radius 2 is 1.91 bits per heavy atom. The van der Waals surface area contributed by atoms with Crippen molar-refractivity contribution in [2.24, 2.45) is 0 Å². The van der Waals surface area contributed by atoms with E-state index in [1.165, 1.54) is 5.56 Å². The number of para-hydroxylation sites is 2. The third kappa shape index (κ3) is 3.15. The second-order valence-corrected chi connectivity index (χ2v) is 6.22. The van der Waals surface area contributed by atoms with Gasteiger partial charge in [-0.1, -0.05) is 58.0 Å². The van der Waals surface area contributed by atoms with Gasteiger partial charge in [-0.2, -0.15) is 4.68 Å². The zero-order valence-electron chi connectivity index (χ0n) is 11.8. The Bertz CT molecular complexity index is 777. The van der Waals surface area contributed by atoms with Gasteiger partial charge in [-0.3, -0.25) is 0 Å². The van der Waals surface area contributed by atoms with E-state index in [0.717, 1.165) is 26.8 Å². The summed E-state index contributed by atoms with van der Waals surface area (Å²) in [5.74, 6) is 1.51. The lowest BCUT2D eigenvalue weighted by molar-refractivity contribution is 0.410. The molecular weight excluding hydrogens is 364 g/mol. The zero-order valence-corrected chi connectivity index (χ0v) is 14.2. The van der Waals surface area contributed by atoms with Crippen LogP contribution in [0.3, 0.4) is 0 Å². The molecule has 0 bridgehead atoms. The Labute approximate surface area is 140 Å². The third-order valence-electron chi connectivity index (χ3n) is 3.07. The number of aromatic nitrogens is 4.